The molecule has 7 nitrogen and oxygen atoms in total. The van der Waals surface area contributed by atoms with Gasteiger partial charge >= 0.3 is 5.97 Å². The van der Waals surface area contributed by atoms with E-state index >= 15 is 0 Å². The number of benzene rings is 3. The third-order valence-corrected chi connectivity index (χ3v) is 4.95. The number of carbonyl (C=O) groups is 2. The van der Waals surface area contributed by atoms with Crippen molar-refractivity contribution >= 4 is 28.6 Å². The van der Waals surface area contributed by atoms with E-state index in [0.29, 0.717) is 12.1 Å². The van der Waals surface area contributed by atoms with Crippen LogP contribution in [0.15, 0.2) is 72.8 Å². The van der Waals surface area contributed by atoms with Crippen LogP contribution in [0, 0.1) is 0 Å². The van der Waals surface area contributed by atoms with Crippen LogP contribution in [-0.2, 0) is 22.5 Å². The first-order chi connectivity index (χ1) is 15.1. The summed E-state index contributed by atoms with van der Waals surface area (Å²) in [5.41, 5.74) is 4.90. The number of fused-ring (bicyclic) bond motifs is 1. The van der Waals surface area contributed by atoms with Crippen molar-refractivity contribution in [2.24, 2.45) is 0 Å². The van der Waals surface area contributed by atoms with Gasteiger partial charge in [-0.3, -0.25) is 4.79 Å². The van der Waals surface area contributed by atoms with Crippen molar-refractivity contribution in [2.45, 2.75) is 19.9 Å². The minimum Gasteiger partial charge on any atom is -0.452 e. The van der Waals surface area contributed by atoms with Crippen molar-refractivity contribution in [1.29, 1.82) is 0 Å². The van der Waals surface area contributed by atoms with Gasteiger partial charge in [0.1, 0.15) is 5.52 Å². The molecule has 4 rings (SSSR count). The number of aromatic nitrogens is 3. The first-order valence-electron chi connectivity index (χ1n) is 10.1. The Labute approximate surface area is 179 Å². The van der Waals surface area contributed by atoms with Crippen molar-refractivity contribution in [2.75, 3.05) is 11.9 Å². The van der Waals surface area contributed by atoms with Gasteiger partial charge in [0.2, 0.25) is 0 Å². The van der Waals surface area contributed by atoms with E-state index in [2.05, 4.69) is 15.6 Å². The van der Waals surface area contributed by atoms with Crippen LogP contribution in [0.25, 0.3) is 11.0 Å². The first-order valence-corrected chi connectivity index (χ1v) is 10.1. The molecule has 31 heavy (non-hydrogen) atoms. The van der Waals surface area contributed by atoms with Crippen LogP contribution in [0.3, 0.4) is 0 Å². The molecule has 3 aromatic carbocycles. The van der Waals surface area contributed by atoms with Gasteiger partial charge in [-0.25, -0.2) is 9.48 Å². The van der Waals surface area contributed by atoms with E-state index in [-0.39, 0.29) is 12.5 Å². The minimum absolute atomic E-state index is 0.344. The fourth-order valence-electron chi connectivity index (χ4n) is 3.30. The molecule has 0 unspecified atom stereocenters. The average Bonchev–Trinajstić information content (AvgIpc) is 3.21. The van der Waals surface area contributed by atoms with Crippen LogP contribution in [0.5, 0.6) is 0 Å². The van der Waals surface area contributed by atoms with Gasteiger partial charge in [-0.05, 0) is 47.9 Å². The number of esters is 1. The van der Waals surface area contributed by atoms with Crippen LogP contribution < -0.4 is 5.32 Å². The SMILES string of the molecule is CCc1ccccc1NC(=O)COC(=O)c1ccc(Cn2nnc3ccccc32)cc1. The fourth-order valence-corrected chi connectivity index (χ4v) is 3.30. The van der Waals surface area contributed by atoms with E-state index in [9.17, 15) is 9.59 Å². The second-order valence-corrected chi connectivity index (χ2v) is 7.07. The van der Waals surface area contributed by atoms with E-state index in [4.69, 9.17) is 4.74 Å². The molecule has 1 aromatic heterocycles. The quantitative estimate of drug-likeness (QED) is 0.465. The van der Waals surface area contributed by atoms with Crippen LogP contribution in [-0.4, -0.2) is 33.5 Å². The molecule has 0 spiro atoms. The number of anilines is 1. The van der Waals surface area contributed by atoms with Gasteiger partial charge in [0.05, 0.1) is 17.6 Å². The van der Waals surface area contributed by atoms with Gasteiger partial charge in [0.25, 0.3) is 5.91 Å². The smallest absolute Gasteiger partial charge is 0.338 e. The number of aryl methyl sites for hydroxylation is 1. The molecule has 0 aliphatic carbocycles. The summed E-state index contributed by atoms with van der Waals surface area (Å²) in [5, 5.41) is 11.1. The highest BCUT2D eigenvalue weighted by Crippen LogP contribution is 2.16. The Balaban J connectivity index is 1.33. The van der Waals surface area contributed by atoms with Crippen molar-refractivity contribution < 1.29 is 14.3 Å². The summed E-state index contributed by atoms with van der Waals surface area (Å²) in [7, 11) is 0. The van der Waals surface area contributed by atoms with Crippen LogP contribution in [0.2, 0.25) is 0 Å². The number of para-hydroxylation sites is 2. The number of nitrogens with zero attached hydrogens (tertiary/aromatic N) is 3. The maximum Gasteiger partial charge on any atom is 0.338 e. The third kappa shape index (κ3) is 4.78. The van der Waals surface area contributed by atoms with Gasteiger partial charge in [-0.2, -0.15) is 0 Å². The molecule has 0 bridgehead atoms. The fraction of sp³-hybridized carbons (Fsp3) is 0.167. The number of amides is 1. The highest BCUT2D eigenvalue weighted by Gasteiger charge is 2.12. The van der Waals surface area contributed by atoms with E-state index < -0.39 is 5.97 Å². The lowest BCUT2D eigenvalue weighted by molar-refractivity contribution is -0.119. The first kappa shape index (κ1) is 20.3. The van der Waals surface area contributed by atoms with Crippen molar-refractivity contribution in [3.63, 3.8) is 0 Å². The monoisotopic (exact) mass is 414 g/mol. The van der Waals surface area contributed by atoms with Gasteiger partial charge in [-0.15, -0.1) is 5.10 Å². The van der Waals surface area contributed by atoms with Gasteiger partial charge in [0, 0.05) is 5.69 Å². The summed E-state index contributed by atoms with van der Waals surface area (Å²) in [6.45, 7) is 2.21. The summed E-state index contributed by atoms with van der Waals surface area (Å²) in [4.78, 5) is 24.4. The second-order valence-electron chi connectivity index (χ2n) is 7.07. The van der Waals surface area contributed by atoms with Gasteiger partial charge in [-0.1, -0.05) is 54.6 Å². The highest BCUT2D eigenvalue weighted by atomic mass is 16.5. The minimum atomic E-state index is -0.545. The van der Waals surface area contributed by atoms with E-state index in [1.165, 1.54) is 0 Å². The summed E-state index contributed by atoms with van der Waals surface area (Å²) in [6, 6.07) is 22.3. The molecule has 1 N–H and O–H groups in total. The lowest BCUT2D eigenvalue weighted by Gasteiger charge is -2.10. The Morgan fingerprint density at radius 3 is 2.52 bits per heavy atom. The number of hydrogen-bond donors (Lipinski definition) is 1. The van der Waals surface area contributed by atoms with Crippen LogP contribution in [0.1, 0.15) is 28.4 Å². The predicted molar refractivity (Wildman–Crippen MR) is 118 cm³/mol. The topological polar surface area (TPSA) is 86.1 Å². The highest BCUT2D eigenvalue weighted by molar-refractivity contribution is 5.95. The molecule has 1 heterocycles. The Morgan fingerprint density at radius 2 is 1.71 bits per heavy atom. The lowest BCUT2D eigenvalue weighted by Crippen LogP contribution is -2.21. The molecule has 0 aliphatic heterocycles. The molecule has 0 saturated heterocycles. The molecule has 0 atom stereocenters. The van der Waals surface area contributed by atoms with E-state index in [1.807, 2.05) is 67.6 Å². The van der Waals surface area contributed by atoms with E-state index in [0.717, 1.165) is 34.3 Å². The normalized spacial score (nSPS) is 10.7. The molecule has 0 saturated carbocycles. The summed E-state index contributed by atoms with van der Waals surface area (Å²) in [6.07, 6.45) is 0.799. The number of carbonyl (C=O) groups excluding carboxylic acids is 2. The summed E-state index contributed by atoms with van der Waals surface area (Å²) in [5.74, 6) is -0.916. The molecule has 0 aliphatic rings. The van der Waals surface area contributed by atoms with Crippen molar-refractivity contribution in [3.8, 4) is 0 Å². The van der Waals surface area contributed by atoms with Gasteiger partial charge < -0.3 is 10.1 Å². The largest absolute Gasteiger partial charge is 0.452 e. The zero-order chi connectivity index (χ0) is 21.6. The molecular weight excluding hydrogens is 392 g/mol. The Bertz CT molecular complexity index is 1210. The summed E-state index contributed by atoms with van der Waals surface area (Å²) < 4.78 is 6.97. The van der Waals surface area contributed by atoms with Crippen LogP contribution in [0.4, 0.5) is 5.69 Å². The third-order valence-electron chi connectivity index (χ3n) is 4.95. The molecule has 0 radical (unpaired) electrons. The standard InChI is InChI=1S/C24H22N4O3/c1-2-18-7-3-4-8-20(18)25-23(29)16-31-24(30)19-13-11-17(12-14-19)15-28-22-10-6-5-9-21(22)26-27-28/h3-14H,2,15-16H2,1H3,(H,25,29). The van der Waals surface area contributed by atoms with Crippen LogP contribution >= 0.6 is 0 Å². The maximum absolute atomic E-state index is 12.3. The van der Waals surface area contributed by atoms with Crippen molar-refractivity contribution in [1.82, 2.24) is 15.0 Å². The predicted octanol–water partition coefficient (Wildman–Crippen LogP) is 3.84. The zero-order valence-corrected chi connectivity index (χ0v) is 17.1. The molecular formula is C24H22N4O3. The molecule has 1 amide bonds. The molecule has 156 valence electrons. The maximum atomic E-state index is 12.3. The average molecular weight is 414 g/mol. The summed E-state index contributed by atoms with van der Waals surface area (Å²) >= 11 is 0. The lowest BCUT2D eigenvalue weighted by atomic mass is 10.1. The van der Waals surface area contributed by atoms with E-state index in [1.54, 1.807) is 16.8 Å². The number of nitrogens with one attached hydrogen (secondary N) is 1. The molecule has 0 fully saturated rings. The second kappa shape index (κ2) is 9.21. The Morgan fingerprint density at radius 1 is 0.968 bits per heavy atom. The Hall–Kier alpha value is -4.00. The number of ether oxygens (including phenoxy) is 1. The zero-order valence-electron chi connectivity index (χ0n) is 17.1. The molecule has 7 heteroatoms. The van der Waals surface area contributed by atoms with Gasteiger partial charge in [0.15, 0.2) is 6.61 Å². The van der Waals surface area contributed by atoms with Crippen molar-refractivity contribution in [3.05, 3.63) is 89.5 Å². The number of hydrogen-bond acceptors (Lipinski definition) is 5. The number of rotatable bonds is 7. The Kier molecular flexibility index (Phi) is 6.03. The molecule has 4 aromatic rings.